The zero-order valence-corrected chi connectivity index (χ0v) is 8.37. The van der Waals surface area contributed by atoms with Gasteiger partial charge < -0.3 is 5.32 Å². The van der Waals surface area contributed by atoms with Gasteiger partial charge in [-0.3, -0.25) is 4.98 Å². The Kier molecular flexibility index (Phi) is 2.82. The summed E-state index contributed by atoms with van der Waals surface area (Å²) in [6.45, 7) is 5.12. The number of hydrogen-bond acceptors (Lipinski definition) is 2. The molecule has 0 unspecified atom stereocenters. The van der Waals surface area contributed by atoms with Crippen LogP contribution in [0.1, 0.15) is 18.4 Å². The summed E-state index contributed by atoms with van der Waals surface area (Å²) in [5, 5.41) is 3.38. The molecule has 1 aliphatic carbocycles. The number of allylic oxidation sites excluding steroid dienone is 1. The monoisotopic (exact) mass is 188 g/mol. The van der Waals surface area contributed by atoms with E-state index in [1.807, 2.05) is 24.5 Å². The van der Waals surface area contributed by atoms with Crippen molar-refractivity contribution >= 4 is 0 Å². The van der Waals surface area contributed by atoms with Crippen molar-refractivity contribution < 1.29 is 0 Å². The predicted molar refractivity (Wildman–Crippen MR) is 57.8 cm³/mol. The lowest BCUT2D eigenvalue weighted by Gasteiger charge is -2.08. The molecule has 1 aliphatic rings. The molecule has 2 heteroatoms. The summed E-state index contributed by atoms with van der Waals surface area (Å²) < 4.78 is 0. The second-order valence-electron chi connectivity index (χ2n) is 3.96. The maximum Gasteiger partial charge on any atom is 0.0270 e. The second-order valence-corrected chi connectivity index (χ2v) is 3.96. The molecule has 0 spiro atoms. The van der Waals surface area contributed by atoms with E-state index >= 15 is 0 Å². The number of hydrogen-bond donors (Lipinski definition) is 1. The lowest BCUT2D eigenvalue weighted by atomic mass is 10.1. The van der Waals surface area contributed by atoms with Crippen molar-refractivity contribution in [2.75, 3.05) is 6.54 Å². The molecule has 74 valence electrons. The number of pyridine rings is 1. The van der Waals surface area contributed by atoms with Gasteiger partial charge in [0.1, 0.15) is 0 Å². The molecular weight excluding hydrogens is 172 g/mol. The van der Waals surface area contributed by atoms with Crippen LogP contribution in [0.4, 0.5) is 0 Å². The van der Waals surface area contributed by atoms with Crippen molar-refractivity contribution in [1.29, 1.82) is 0 Å². The maximum atomic E-state index is 4.02. The number of nitrogens with one attached hydrogen (secondary N) is 1. The minimum atomic E-state index is 0.907. The van der Waals surface area contributed by atoms with Crippen molar-refractivity contribution in [3.8, 4) is 0 Å². The van der Waals surface area contributed by atoms with Crippen molar-refractivity contribution in [2.45, 2.75) is 19.3 Å². The normalized spacial score (nSPS) is 15.1. The molecule has 0 atom stereocenters. The van der Waals surface area contributed by atoms with Gasteiger partial charge in [-0.25, -0.2) is 0 Å². The van der Waals surface area contributed by atoms with Gasteiger partial charge in [0, 0.05) is 31.1 Å². The fraction of sp³-hybridized carbons (Fsp3) is 0.417. The molecule has 1 N–H and O–H groups in total. The van der Waals surface area contributed by atoms with E-state index in [1.165, 1.54) is 18.4 Å². The van der Waals surface area contributed by atoms with Crippen LogP contribution < -0.4 is 5.32 Å². The van der Waals surface area contributed by atoms with Crippen LogP contribution in [0.2, 0.25) is 0 Å². The van der Waals surface area contributed by atoms with Crippen molar-refractivity contribution in [1.82, 2.24) is 10.3 Å². The fourth-order valence-corrected chi connectivity index (χ4v) is 1.42. The minimum Gasteiger partial charge on any atom is -0.388 e. The highest BCUT2D eigenvalue weighted by Gasteiger charge is 2.20. The van der Waals surface area contributed by atoms with Crippen LogP contribution in [0, 0.1) is 5.92 Å². The van der Waals surface area contributed by atoms with E-state index in [0.29, 0.717) is 0 Å². The summed E-state index contributed by atoms with van der Waals surface area (Å²) in [4.78, 5) is 3.99. The first-order valence-electron chi connectivity index (χ1n) is 5.15. The Morgan fingerprint density at radius 3 is 2.79 bits per heavy atom. The molecule has 0 aliphatic heterocycles. The van der Waals surface area contributed by atoms with E-state index < -0.39 is 0 Å². The molecule has 1 aromatic rings. The predicted octanol–water partition coefficient (Wildman–Crippen LogP) is 2.14. The SMILES string of the molecule is C=C(Cc1ccncc1)NCC1CC1. The zero-order valence-electron chi connectivity index (χ0n) is 8.37. The summed E-state index contributed by atoms with van der Waals surface area (Å²) in [6, 6.07) is 4.06. The van der Waals surface area contributed by atoms with E-state index in [-0.39, 0.29) is 0 Å². The van der Waals surface area contributed by atoms with Gasteiger partial charge in [-0.1, -0.05) is 6.58 Å². The van der Waals surface area contributed by atoms with E-state index in [1.54, 1.807) is 0 Å². The summed E-state index contributed by atoms with van der Waals surface area (Å²) in [6.07, 6.45) is 7.33. The number of rotatable bonds is 5. The van der Waals surface area contributed by atoms with Gasteiger partial charge >= 0.3 is 0 Å². The van der Waals surface area contributed by atoms with Gasteiger partial charge in [0.25, 0.3) is 0 Å². The van der Waals surface area contributed by atoms with Crippen molar-refractivity contribution in [2.24, 2.45) is 5.92 Å². The number of aromatic nitrogens is 1. The van der Waals surface area contributed by atoms with Gasteiger partial charge in [-0.05, 0) is 36.5 Å². The van der Waals surface area contributed by atoms with Crippen LogP contribution in [0.3, 0.4) is 0 Å². The third-order valence-electron chi connectivity index (χ3n) is 2.50. The topological polar surface area (TPSA) is 24.9 Å². The second kappa shape index (κ2) is 4.27. The first kappa shape index (κ1) is 9.25. The first-order chi connectivity index (χ1) is 6.84. The molecule has 0 saturated heterocycles. The van der Waals surface area contributed by atoms with Gasteiger partial charge in [-0.15, -0.1) is 0 Å². The van der Waals surface area contributed by atoms with E-state index in [9.17, 15) is 0 Å². The molecule has 1 saturated carbocycles. The van der Waals surface area contributed by atoms with Crippen LogP contribution in [0.25, 0.3) is 0 Å². The Morgan fingerprint density at radius 2 is 2.14 bits per heavy atom. The highest BCUT2D eigenvalue weighted by molar-refractivity contribution is 5.16. The Balaban J connectivity index is 1.76. The molecule has 1 fully saturated rings. The highest BCUT2D eigenvalue weighted by atomic mass is 14.9. The smallest absolute Gasteiger partial charge is 0.0270 e. The van der Waals surface area contributed by atoms with Crippen LogP contribution >= 0.6 is 0 Å². The average molecular weight is 188 g/mol. The maximum absolute atomic E-state index is 4.02. The van der Waals surface area contributed by atoms with Gasteiger partial charge in [0.2, 0.25) is 0 Å². The molecule has 0 radical (unpaired) electrons. The quantitative estimate of drug-likeness (QED) is 0.765. The van der Waals surface area contributed by atoms with Gasteiger partial charge in [0.15, 0.2) is 0 Å². The van der Waals surface area contributed by atoms with Crippen LogP contribution in [0.15, 0.2) is 36.8 Å². The number of nitrogens with zero attached hydrogens (tertiary/aromatic N) is 1. The Bertz CT molecular complexity index is 301. The molecule has 1 aromatic heterocycles. The molecule has 0 amide bonds. The van der Waals surface area contributed by atoms with Crippen LogP contribution in [-0.2, 0) is 6.42 Å². The summed E-state index contributed by atoms with van der Waals surface area (Å²) >= 11 is 0. The summed E-state index contributed by atoms with van der Waals surface area (Å²) in [5.74, 6) is 0.907. The van der Waals surface area contributed by atoms with Crippen LogP contribution in [-0.4, -0.2) is 11.5 Å². The Labute approximate surface area is 85.1 Å². The van der Waals surface area contributed by atoms with E-state index in [0.717, 1.165) is 24.6 Å². The third kappa shape index (κ3) is 2.87. The fourth-order valence-electron chi connectivity index (χ4n) is 1.42. The van der Waals surface area contributed by atoms with Gasteiger partial charge in [0.05, 0.1) is 0 Å². The standard InChI is InChI=1S/C12H16N2/c1-10(14-9-12-2-3-12)8-11-4-6-13-7-5-11/h4-7,12,14H,1-3,8-9H2. The molecule has 14 heavy (non-hydrogen) atoms. The zero-order chi connectivity index (χ0) is 9.80. The van der Waals surface area contributed by atoms with Crippen LogP contribution in [0.5, 0.6) is 0 Å². The summed E-state index contributed by atoms with van der Waals surface area (Å²) in [7, 11) is 0. The molecule has 2 rings (SSSR count). The molecule has 2 nitrogen and oxygen atoms in total. The minimum absolute atomic E-state index is 0.907. The molecule has 1 heterocycles. The summed E-state index contributed by atoms with van der Waals surface area (Å²) in [5.41, 5.74) is 2.39. The van der Waals surface area contributed by atoms with Crippen molar-refractivity contribution in [3.05, 3.63) is 42.4 Å². The third-order valence-corrected chi connectivity index (χ3v) is 2.50. The van der Waals surface area contributed by atoms with Gasteiger partial charge in [-0.2, -0.15) is 0 Å². The largest absolute Gasteiger partial charge is 0.388 e. The first-order valence-corrected chi connectivity index (χ1v) is 5.15. The molecule has 0 aromatic carbocycles. The van der Waals surface area contributed by atoms with E-state index in [4.69, 9.17) is 0 Å². The highest BCUT2D eigenvalue weighted by Crippen LogP contribution is 2.27. The Hall–Kier alpha value is -1.31. The molecule has 0 bridgehead atoms. The Morgan fingerprint density at radius 1 is 1.43 bits per heavy atom. The lowest BCUT2D eigenvalue weighted by Crippen LogP contribution is -2.16. The van der Waals surface area contributed by atoms with Crippen molar-refractivity contribution in [3.63, 3.8) is 0 Å². The van der Waals surface area contributed by atoms with E-state index in [2.05, 4.69) is 16.9 Å². The molecular formula is C12H16N2. The average Bonchev–Trinajstić information content (AvgIpc) is 3.00. The lowest BCUT2D eigenvalue weighted by molar-refractivity contribution is 0.704.